The summed E-state index contributed by atoms with van der Waals surface area (Å²) in [6.07, 6.45) is -0.219. The number of rotatable bonds is 5. The molecule has 20 heavy (non-hydrogen) atoms. The smallest absolute Gasteiger partial charge is 0.340 e. The van der Waals surface area contributed by atoms with Crippen molar-refractivity contribution in [3.05, 3.63) is 29.6 Å². The first kappa shape index (κ1) is 15.4. The van der Waals surface area contributed by atoms with Crippen LogP contribution in [0.1, 0.15) is 16.8 Å². The van der Waals surface area contributed by atoms with Gasteiger partial charge >= 0.3 is 18.0 Å². The molecule has 0 radical (unpaired) electrons. The van der Waals surface area contributed by atoms with Gasteiger partial charge in [-0.15, -0.1) is 0 Å². The van der Waals surface area contributed by atoms with Crippen LogP contribution in [0.3, 0.4) is 0 Å². The van der Waals surface area contributed by atoms with Crippen molar-refractivity contribution in [2.24, 2.45) is 0 Å². The molecular weight excluding hydrogens is 271 g/mol. The quantitative estimate of drug-likeness (QED) is 0.705. The standard InChI is InChI=1S/C12H13FN2O5/c1-20-11(18)8-3-2-7(6-9(8)13)15-12(19)14-5-4-10(16)17/h2-3,6H,4-5H2,1H3,(H,16,17)(H2,14,15,19). The highest BCUT2D eigenvalue weighted by atomic mass is 19.1. The number of methoxy groups -OCH3 is 1. The van der Waals surface area contributed by atoms with Gasteiger partial charge in [-0.1, -0.05) is 0 Å². The Kier molecular flexibility index (Phi) is 5.45. The lowest BCUT2D eigenvalue weighted by Gasteiger charge is -2.08. The van der Waals surface area contributed by atoms with E-state index in [-0.39, 0.29) is 24.2 Å². The molecule has 0 unspecified atom stereocenters. The summed E-state index contributed by atoms with van der Waals surface area (Å²) in [6, 6.07) is 2.79. The van der Waals surface area contributed by atoms with Gasteiger partial charge in [0.05, 0.1) is 19.1 Å². The summed E-state index contributed by atoms with van der Waals surface area (Å²) in [4.78, 5) is 32.8. The van der Waals surface area contributed by atoms with Gasteiger partial charge in [-0.25, -0.2) is 14.0 Å². The second kappa shape index (κ2) is 7.07. The van der Waals surface area contributed by atoms with Gasteiger partial charge in [0.1, 0.15) is 5.82 Å². The fourth-order valence-electron chi connectivity index (χ4n) is 1.33. The molecule has 0 saturated heterocycles. The predicted molar refractivity (Wildman–Crippen MR) is 67.0 cm³/mol. The summed E-state index contributed by atoms with van der Waals surface area (Å²) in [5.74, 6) is -2.70. The Morgan fingerprint density at radius 1 is 1.35 bits per heavy atom. The SMILES string of the molecule is COC(=O)c1ccc(NC(=O)NCCC(=O)O)cc1F. The van der Waals surface area contributed by atoms with Gasteiger partial charge in [-0.3, -0.25) is 4.79 Å². The minimum atomic E-state index is -1.04. The third kappa shape index (κ3) is 4.56. The van der Waals surface area contributed by atoms with Crippen LogP contribution in [-0.2, 0) is 9.53 Å². The maximum atomic E-state index is 13.5. The lowest BCUT2D eigenvalue weighted by molar-refractivity contribution is -0.136. The highest BCUT2D eigenvalue weighted by Crippen LogP contribution is 2.15. The second-order valence-electron chi connectivity index (χ2n) is 3.71. The molecule has 8 heteroatoms. The third-order valence-corrected chi connectivity index (χ3v) is 2.26. The van der Waals surface area contributed by atoms with Crippen LogP contribution < -0.4 is 10.6 Å². The van der Waals surface area contributed by atoms with Crippen LogP contribution in [0.15, 0.2) is 18.2 Å². The summed E-state index contributed by atoms with van der Waals surface area (Å²) in [5.41, 5.74) is -0.118. The molecule has 0 aliphatic heterocycles. The average molecular weight is 284 g/mol. The van der Waals surface area contributed by atoms with Crippen molar-refractivity contribution in [2.75, 3.05) is 19.0 Å². The number of benzene rings is 1. The number of aliphatic carboxylic acids is 1. The van der Waals surface area contributed by atoms with Gasteiger partial charge in [0, 0.05) is 12.2 Å². The van der Waals surface area contributed by atoms with Crippen molar-refractivity contribution < 1.29 is 28.6 Å². The van der Waals surface area contributed by atoms with Gasteiger partial charge < -0.3 is 20.5 Å². The van der Waals surface area contributed by atoms with Gasteiger partial charge in [-0.2, -0.15) is 0 Å². The number of carboxylic acids is 1. The molecule has 0 aliphatic rings. The van der Waals surface area contributed by atoms with E-state index in [1.807, 2.05) is 0 Å². The summed E-state index contributed by atoms with van der Waals surface area (Å²) in [7, 11) is 1.13. The lowest BCUT2D eigenvalue weighted by atomic mass is 10.2. The van der Waals surface area contributed by atoms with Crippen LogP contribution in [0, 0.1) is 5.82 Å². The van der Waals surface area contributed by atoms with Crippen molar-refractivity contribution in [1.29, 1.82) is 0 Å². The Labute approximate surface area is 113 Å². The maximum absolute atomic E-state index is 13.5. The van der Waals surface area contributed by atoms with Gasteiger partial charge in [-0.05, 0) is 18.2 Å². The molecule has 0 bridgehead atoms. The molecular formula is C12H13FN2O5. The van der Waals surface area contributed by atoms with Gasteiger partial charge in [0.2, 0.25) is 0 Å². The molecule has 0 fully saturated rings. The van der Waals surface area contributed by atoms with E-state index in [0.29, 0.717) is 0 Å². The number of amides is 2. The van der Waals surface area contributed by atoms with E-state index < -0.39 is 23.8 Å². The Hall–Kier alpha value is -2.64. The van der Waals surface area contributed by atoms with E-state index >= 15 is 0 Å². The largest absolute Gasteiger partial charge is 0.481 e. The Bertz CT molecular complexity index is 533. The van der Waals surface area contributed by atoms with Crippen LogP contribution in [0.2, 0.25) is 0 Å². The number of hydrogen-bond acceptors (Lipinski definition) is 4. The minimum Gasteiger partial charge on any atom is -0.481 e. The number of esters is 1. The number of carbonyl (C=O) groups is 3. The highest BCUT2D eigenvalue weighted by molar-refractivity contribution is 5.92. The van der Waals surface area contributed by atoms with Crippen molar-refractivity contribution in [3.63, 3.8) is 0 Å². The third-order valence-electron chi connectivity index (χ3n) is 2.26. The van der Waals surface area contributed by atoms with E-state index in [2.05, 4.69) is 15.4 Å². The number of carbonyl (C=O) groups excluding carboxylic acids is 2. The normalized spacial score (nSPS) is 9.70. The number of halogens is 1. The fraction of sp³-hybridized carbons (Fsp3) is 0.250. The first-order valence-electron chi connectivity index (χ1n) is 5.58. The average Bonchev–Trinajstić information content (AvgIpc) is 2.37. The first-order chi connectivity index (χ1) is 9.43. The maximum Gasteiger partial charge on any atom is 0.340 e. The predicted octanol–water partition coefficient (Wildman–Crippen LogP) is 1.21. The first-order valence-corrected chi connectivity index (χ1v) is 5.58. The topological polar surface area (TPSA) is 105 Å². The monoisotopic (exact) mass is 284 g/mol. The zero-order valence-electron chi connectivity index (χ0n) is 10.6. The lowest BCUT2D eigenvalue weighted by Crippen LogP contribution is -2.30. The summed E-state index contributed by atoms with van der Waals surface area (Å²) < 4.78 is 17.9. The number of ether oxygens (including phenoxy) is 1. The van der Waals surface area contributed by atoms with E-state index in [9.17, 15) is 18.8 Å². The molecule has 1 aromatic carbocycles. The van der Waals surface area contributed by atoms with E-state index in [4.69, 9.17) is 5.11 Å². The molecule has 3 N–H and O–H groups in total. The molecule has 0 aromatic heterocycles. The van der Waals surface area contributed by atoms with Crippen LogP contribution in [0.25, 0.3) is 0 Å². The molecule has 108 valence electrons. The summed E-state index contributed by atoms with van der Waals surface area (Å²) in [6.45, 7) is -0.0517. The van der Waals surface area contributed by atoms with Crippen LogP contribution in [-0.4, -0.2) is 36.7 Å². The number of anilines is 1. The van der Waals surface area contributed by atoms with Crippen molar-refractivity contribution >= 4 is 23.7 Å². The number of hydrogen-bond donors (Lipinski definition) is 3. The zero-order chi connectivity index (χ0) is 15.1. The van der Waals surface area contributed by atoms with Crippen LogP contribution in [0.5, 0.6) is 0 Å². The molecule has 1 aromatic rings. The minimum absolute atomic E-state index is 0.0517. The van der Waals surface area contributed by atoms with Crippen LogP contribution in [0.4, 0.5) is 14.9 Å². The van der Waals surface area contributed by atoms with E-state index in [1.54, 1.807) is 0 Å². The molecule has 0 atom stereocenters. The zero-order valence-corrected chi connectivity index (χ0v) is 10.6. The summed E-state index contributed by atoms with van der Waals surface area (Å²) in [5, 5.41) is 13.0. The highest BCUT2D eigenvalue weighted by Gasteiger charge is 2.13. The Balaban J connectivity index is 2.60. The molecule has 0 heterocycles. The fourth-order valence-corrected chi connectivity index (χ4v) is 1.33. The van der Waals surface area contributed by atoms with Crippen molar-refractivity contribution in [3.8, 4) is 0 Å². The number of nitrogens with one attached hydrogen (secondary N) is 2. The molecule has 0 spiro atoms. The molecule has 0 saturated carbocycles. The van der Waals surface area contributed by atoms with Gasteiger partial charge in [0.25, 0.3) is 0 Å². The molecule has 0 aliphatic carbocycles. The van der Waals surface area contributed by atoms with Crippen LogP contribution >= 0.6 is 0 Å². The summed E-state index contributed by atoms with van der Waals surface area (Å²) >= 11 is 0. The Morgan fingerprint density at radius 2 is 2.05 bits per heavy atom. The van der Waals surface area contributed by atoms with E-state index in [1.165, 1.54) is 12.1 Å². The number of carboxylic acid groups (broad SMARTS) is 1. The van der Waals surface area contributed by atoms with Crippen molar-refractivity contribution in [1.82, 2.24) is 5.32 Å². The second-order valence-corrected chi connectivity index (χ2v) is 3.71. The molecule has 1 rings (SSSR count). The number of urea groups is 1. The Morgan fingerprint density at radius 3 is 2.60 bits per heavy atom. The van der Waals surface area contributed by atoms with Gasteiger partial charge in [0.15, 0.2) is 0 Å². The van der Waals surface area contributed by atoms with E-state index in [0.717, 1.165) is 13.2 Å². The molecule has 7 nitrogen and oxygen atoms in total. The van der Waals surface area contributed by atoms with Crippen molar-refractivity contribution in [2.45, 2.75) is 6.42 Å². The molecule has 2 amide bonds.